The molecule has 1 aliphatic rings. The Kier molecular flexibility index (Phi) is 5.38. The molecule has 4 aromatic rings. The van der Waals surface area contributed by atoms with Crippen molar-refractivity contribution in [3.8, 4) is 17.1 Å². The van der Waals surface area contributed by atoms with Crippen LogP contribution in [0.3, 0.4) is 0 Å². The summed E-state index contributed by atoms with van der Waals surface area (Å²) in [5, 5.41) is 13.3. The molecule has 0 saturated carbocycles. The fourth-order valence-corrected chi connectivity index (χ4v) is 3.78. The van der Waals surface area contributed by atoms with Crippen molar-refractivity contribution in [1.82, 2.24) is 25.0 Å². The number of rotatable bonds is 6. The van der Waals surface area contributed by atoms with Crippen molar-refractivity contribution in [1.29, 1.82) is 0 Å². The van der Waals surface area contributed by atoms with Crippen LogP contribution in [0.2, 0.25) is 0 Å². The Hall–Kier alpha value is -3.64. The lowest BCUT2D eigenvalue weighted by Crippen LogP contribution is -2.34. The van der Waals surface area contributed by atoms with Gasteiger partial charge in [0.2, 0.25) is 11.7 Å². The standard InChI is InChI=1S/C21H18F3N5O4/c22-21(23,24)32-13-3-1-12(2-4-13)19-27-20(33-28-19)18-7-16-17(26-11-25-16)9-29(18)8-14-5-6-15(10-30)31-14/h1-6,11,18,30H,7-10H2,(H,25,26)/t18-/m0/s1. The summed E-state index contributed by atoms with van der Waals surface area (Å²) in [6.07, 6.45) is -2.61. The van der Waals surface area contributed by atoms with E-state index in [9.17, 15) is 18.3 Å². The molecule has 0 bridgehead atoms. The van der Waals surface area contributed by atoms with Gasteiger partial charge in [-0.05, 0) is 36.4 Å². The minimum atomic E-state index is -4.76. The van der Waals surface area contributed by atoms with Crippen LogP contribution in [-0.4, -0.2) is 36.5 Å². The normalized spacial score (nSPS) is 16.7. The number of hydrogen-bond donors (Lipinski definition) is 2. The fraction of sp³-hybridized carbons (Fsp3) is 0.286. The van der Waals surface area contributed by atoms with Crippen LogP contribution in [0.5, 0.6) is 5.75 Å². The van der Waals surface area contributed by atoms with Gasteiger partial charge in [0, 0.05) is 18.5 Å². The second-order valence-corrected chi connectivity index (χ2v) is 7.51. The van der Waals surface area contributed by atoms with Crippen molar-refractivity contribution in [3.63, 3.8) is 0 Å². The van der Waals surface area contributed by atoms with Crippen molar-refractivity contribution < 1.29 is 32.0 Å². The van der Waals surface area contributed by atoms with Crippen LogP contribution < -0.4 is 4.74 Å². The van der Waals surface area contributed by atoms with Crippen LogP contribution in [0.25, 0.3) is 11.4 Å². The summed E-state index contributed by atoms with van der Waals surface area (Å²) in [6, 6.07) is 8.47. The molecule has 33 heavy (non-hydrogen) atoms. The van der Waals surface area contributed by atoms with Gasteiger partial charge in [-0.25, -0.2) is 4.98 Å². The predicted molar refractivity (Wildman–Crippen MR) is 105 cm³/mol. The molecule has 2 N–H and O–H groups in total. The highest BCUT2D eigenvalue weighted by atomic mass is 19.4. The number of imidazole rings is 1. The van der Waals surface area contributed by atoms with Crippen LogP contribution in [-0.2, 0) is 26.1 Å². The second kappa shape index (κ2) is 8.37. The first-order chi connectivity index (χ1) is 15.9. The van der Waals surface area contributed by atoms with Gasteiger partial charge < -0.3 is 23.8 Å². The number of alkyl halides is 3. The monoisotopic (exact) mass is 461 g/mol. The largest absolute Gasteiger partial charge is 0.573 e. The molecule has 4 heterocycles. The van der Waals surface area contributed by atoms with Crippen molar-refractivity contribution >= 4 is 0 Å². The molecule has 3 aromatic heterocycles. The van der Waals surface area contributed by atoms with Gasteiger partial charge in [0.1, 0.15) is 23.9 Å². The van der Waals surface area contributed by atoms with Crippen molar-refractivity contribution in [2.75, 3.05) is 0 Å². The number of nitrogens with zero attached hydrogens (tertiary/aromatic N) is 4. The van der Waals surface area contributed by atoms with E-state index in [1.54, 1.807) is 18.5 Å². The highest BCUT2D eigenvalue weighted by Gasteiger charge is 2.34. The van der Waals surface area contributed by atoms with Crippen LogP contribution in [0.1, 0.15) is 34.8 Å². The average molecular weight is 461 g/mol. The lowest BCUT2D eigenvalue weighted by Gasteiger charge is -2.31. The molecule has 0 spiro atoms. The maximum Gasteiger partial charge on any atom is 0.573 e. The minimum absolute atomic E-state index is 0.187. The Bertz CT molecular complexity index is 1230. The zero-order valence-electron chi connectivity index (χ0n) is 17.0. The molecule has 0 amide bonds. The molecule has 1 aromatic carbocycles. The Balaban J connectivity index is 1.38. The number of fused-ring (bicyclic) bond motifs is 1. The summed E-state index contributed by atoms with van der Waals surface area (Å²) < 4.78 is 52.2. The maximum absolute atomic E-state index is 12.4. The van der Waals surface area contributed by atoms with E-state index in [2.05, 4.69) is 29.7 Å². The van der Waals surface area contributed by atoms with Gasteiger partial charge in [0.05, 0.1) is 30.3 Å². The highest BCUT2D eigenvalue weighted by Crippen LogP contribution is 2.34. The maximum atomic E-state index is 12.4. The number of benzene rings is 1. The first kappa shape index (κ1) is 21.2. The summed E-state index contributed by atoms with van der Waals surface area (Å²) in [5.74, 6) is 1.41. The van der Waals surface area contributed by atoms with Crippen LogP contribution in [0.15, 0.2) is 51.7 Å². The van der Waals surface area contributed by atoms with E-state index in [1.807, 2.05) is 0 Å². The first-order valence-electron chi connectivity index (χ1n) is 10.0. The second-order valence-electron chi connectivity index (χ2n) is 7.51. The number of aliphatic hydroxyl groups is 1. The molecule has 0 fully saturated rings. The Morgan fingerprint density at radius 2 is 1.94 bits per heavy atom. The quantitative estimate of drug-likeness (QED) is 0.447. The first-order valence-corrected chi connectivity index (χ1v) is 10.0. The molecule has 1 aliphatic heterocycles. The Labute approximate surface area is 184 Å². The number of nitrogens with one attached hydrogen (secondary N) is 1. The van der Waals surface area contributed by atoms with E-state index in [0.717, 1.165) is 11.4 Å². The molecule has 0 unspecified atom stereocenters. The lowest BCUT2D eigenvalue weighted by molar-refractivity contribution is -0.274. The van der Waals surface area contributed by atoms with E-state index in [0.29, 0.717) is 42.5 Å². The third kappa shape index (κ3) is 4.61. The SMILES string of the molecule is OCc1ccc(CN2Cc3[nH]cnc3C[C@H]2c2nc(-c3ccc(OC(F)(F)F)cc3)no2)o1. The van der Waals surface area contributed by atoms with Crippen molar-refractivity contribution in [2.24, 2.45) is 0 Å². The Morgan fingerprint density at radius 3 is 2.67 bits per heavy atom. The topological polar surface area (TPSA) is 113 Å². The Morgan fingerprint density at radius 1 is 1.15 bits per heavy atom. The smallest absolute Gasteiger partial charge is 0.462 e. The number of halogens is 3. The van der Waals surface area contributed by atoms with Gasteiger partial charge in [0.25, 0.3) is 0 Å². The van der Waals surface area contributed by atoms with Crippen molar-refractivity contribution in [3.05, 3.63) is 71.5 Å². The molecule has 172 valence electrons. The number of aliphatic hydroxyl groups excluding tert-OH is 1. The zero-order valence-corrected chi connectivity index (χ0v) is 17.0. The van der Waals surface area contributed by atoms with E-state index in [4.69, 9.17) is 8.94 Å². The third-order valence-corrected chi connectivity index (χ3v) is 5.30. The zero-order chi connectivity index (χ0) is 23.0. The molecule has 9 nitrogen and oxygen atoms in total. The van der Waals surface area contributed by atoms with Crippen molar-refractivity contribution in [2.45, 2.75) is 38.5 Å². The van der Waals surface area contributed by atoms with Crippen LogP contribution >= 0.6 is 0 Å². The van der Waals surface area contributed by atoms with Gasteiger partial charge >= 0.3 is 6.36 Å². The number of H-pyrrole nitrogens is 1. The third-order valence-electron chi connectivity index (χ3n) is 5.30. The molecule has 0 aliphatic carbocycles. The van der Waals surface area contributed by atoms with Gasteiger partial charge in [-0.15, -0.1) is 13.2 Å². The number of furan rings is 1. The summed E-state index contributed by atoms with van der Waals surface area (Å²) in [4.78, 5) is 14.1. The van der Waals surface area contributed by atoms with Gasteiger partial charge in [-0.2, -0.15) is 4.98 Å². The molecule has 0 radical (unpaired) electrons. The van der Waals surface area contributed by atoms with Crippen LogP contribution in [0.4, 0.5) is 13.2 Å². The van der Waals surface area contributed by atoms with E-state index in [1.165, 1.54) is 24.3 Å². The van der Waals surface area contributed by atoms with E-state index < -0.39 is 6.36 Å². The molecule has 5 rings (SSSR count). The molecule has 12 heteroatoms. The summed E-state index contributed by atoms with van der Waals surface area (Å²) in [6.45, 7) is 0.786. The number of hydrogen-bond acceptors (Lipinski definition) is 8. The number of ether oxygens (including phenoxy) is 1. The number of aromatic nitrogens is 4. The summed E-state index contributed by atoms with van der Waals surface area (Å²) in [5.41, 5.74) is 2.35. The van der Waals surface area contributed by atoms with Crippen LogP contribution in [0, 0.1) is 0 Å². The summed E-state index contributed by atoms with van der Waals surface area (Å²) >= 11 is 0. The highest BCUT2D eigenvalue weighted by molar-refractivity contribution is 5.55. The average Bonchev–Trinajstić information content (AvgIpc) is 3.53. The molecular weight excluding hydrogens is 443 g/mol. The predicted octanol–water partition coefficient (Wildman–Crippen LogP) is 3.74. The number of aromatic amines is 1. The van der Waals surface area contributed by atoms with E-state index in [-0.39, 0.29) is 24.2 Å². The lowest BCUT2D eigenvalue weighted by atomic mass is 10.0. The van der Waals surface area contributed by atoms with Gasteiger partial charge in [-0.3, -0.25) is 4.90 Å². The minimum Gasteiger partial charge on any atom is -0.462 e. The molecule has 0 saturated heterocycles. The molecule has 1 atom stereocenters. The van der Waals surface area contributed by atoms with E-state index >= 15 is 0 Å². The fourth-order valence-electron chi connectivity index (χ4n) is 3.78. The van der Waals surface area contributed by atoms with Gasteiger partial charge in [-0.1, -0.05) is 5.16 Å². The summed E-state index contributed by atoms with van der Waals surface area (Å²) in [7, 11) is 0. The van der Waals surface area contributed by atoms with Gasteiger partial charge in [0.15, 0.2) is 0 Å². The molecular formula is C21H18F3N5O4.